The second kappa shape index (κ2) is 2.01. The number of aromatic amines is 1. The molecule has 0 saturated carbocycles. The van der Waals surface area contributed by atoms with Gasteiger partial charge in [-0.05, 0) is 0 Å². The summed E-state index contributed by atoms with van der Waals surface area (Å²) in [4.78, 5) is 9.39. The first-order valence-electron chi connectivity index (χ1n) is 3.46. The zero-order valence-corrected chi connectivity index (χ0v) is 6.80. The SMILES string of the molecule is c1nc2c(ncc3cn[nH]c32)s1. The molecule has 0 saturated heterocycles. The highest BCUT2D eigenvalue weighted by Gasteiger charge is 2.04. The van der Waals surface area contributed by atoms with Crippen molar-refractivity contribution in [1.29, 1.82) is 0 Å². The number of nitrogens with zero attached hydrogens (tertiary/aromatic N) is 3. The smallest absolute Gasteiger partial charge is 0.145 e. The van der Waals surface area contributed by atoms with Gasteiger partial charge in [-0.15, -0.1) is 11.3 Å². The summed E-state index contributed by atoms with van der Waals surface area (Å²) < 4.78 is 0. The van der Waals surface area contributed by atoms with Crippen molar-refractivity contribution in [3.63, 3.8) is 0 Å². The molecule has 0 aliphatic rings. The summed E-state index contributed by atoms with van der Waals surface area (Å²) >= 11 is 1.54. The molecule has 3 rings (SSSR count). The molecular formula is C7H4N4S. The Bertz CT molecular complexity index is 489. The normalized spacial score (nSPS) is 11.3. The first-order chi connectivity index (χ1) is 5.95. The van der Waals surface area contributed by atoms with Crippen molar-refractivity contribution in [1.82, 2.24) is 20.2 Å². The zero-order valence-electron chi connectivity index (χ0n) is 5.98. The van der Waals surface area contributed by atoms with Crippen molar-refractivity contribution in [2.24, 2.45) is 0 Å². The standard InChI is InChI=1S/C7H4N4S/c1-4-2-10-11-5(4)6-7(8-1)12-3-9-6/h1-3H,(H,10,11). The Hall–Kier alpha value is -1.49. The molecule has 3 heterocycles. The molecule has 0 radical (unpaired) electrons. The molecule has 4 nitrogen and oxygen atoms in total. The van der Waals surface area contributed by atoms with Gasteiger partial charge in [0.05, 0.1) is 17.2 Å². The Morgan fingerprint density at radius 3 is 3.25 bits per heavy atom. The fourth-order valence-electron chi connectivity index (χ4n) is 1.21. The Labute approximate surface area is 71.3 Å². The number of thiazole rings is 1. The predicted octanol–water partition coefficient (Wildman–Crippen LogP) is 1.57. The predicted molar refractivity (Wildman–Crippen MR) is 47.1 cm³/mol. The van der Waals surface area contributed by atoms with Crippen molar-refractivity contribution < 1.29 is 0 Å². The largest absolute Gasteiger partial charge is 0.275 e. The van der Waals surface area contributed by atoms with E-state index >= 15 is 0 Å². The lowest BCUT2D eigenvalue weighted by Crippen LogP contribution is -1.75. The van der Waals surface area contributed by atoms with Gasteiger partial charge >= 0.3 is 0 Å². The summed E-state index contributed by atoms with van der Waals surface area (Å²) in [7, 11) is 0. The topological polar surface area (TPSA) is 54.5 Å². The highest BCUT2D eigenvalue weighted by Crippen LogP contribution is 2.21. The van der Waals surface area contributed by atoms with Crippen molar-refractivity contribution in [2.75, 3.05) is 0 Å². The molecule has 3 aromatic heterocycles. The number of pyridine rings is 1. The van der Waals surface area contributed by atoms with Crippen molar-refractivity contribution >= 4 is 32.6 Å². The molecule has 1 N–H and O–H groups in total. The van der Waals surface area contributed by atoms with Gasteiger partial charge in [-0.25, -0.2) is 9.97 Å². The van der Waals surface area contributed by atoms with Crippen molar-refractivity contribution in [3.8, 4) is 0 Å². The van der Waals surface area contributed by atoms with Crippen LogP contribution in [-0.4, -0.2) is 20.2 Å². The Morgan fingerprint density at radius 1 is 1.25 bits per heavy atom. The summed E-state index contributed by atoms with van der Waals surface area (Å²) in [6.45, 7) is 0. The summed E-state index contributed by atoms with van der Waals surface area (Å²) in [6.07, 6.45) is 3.56. The first-order valence-corrected chi connectivity index (χ1v) is 4.34. The molecule has 0 unspecified atom stereocenters. The minimum absolute atomic E-state index is 0.912. The van der Waals surface area contributed by atoms with Crippen molar-refractivity contribution in [3.05, 3.63) is 17.9 Å². The maximum absolute atomic E-state index is 4.24. The average Bonchev–Trinajstić information content (AvgIpc) is 2.71. The molecule has 0 aliphatic heterocycles. The molecule has 0 amide bonds. The molecule has 0 atom stereocenters. The average molecular weight is 176 g/mol. The molecule has 12 heavy (non-hydrogen) atoms. The lowest BCUT2D eigenvalue weighted by Gasteiger charge is -1.87. The molecule has 0 aliphatic carbocycles. The molecule has 3 aromatic rings. The van der Waals surface area contributed by atoms with Gasteiger partial charge < -0.3 is 0 Å². The number of nitrogens with one attached hydrogen (secondary N) is 1. The maximum Gasteiger partial charge on any atom is 0.145 e. The van der Waals surface area contributed by atoms with Crippen LogP contribution in [0.15, 0.2) is 17.9 Å². The molecule has 0 aromatic carbocycles. The Morgan fingerprint density at radius 2 is 2.25 bits per heavy atom. The highest BCUT2D eigenvalue weighted by atomic mass is 32.1. The Kier molecular flexibility index (Phi) is 1.02. The molecule has 0 spiro atoms. The number of fused-ring (bicyclic) bond motifs is 3. The monoisotopic (exact) mass is 176 g/mol. The van der Waals surface area contributed by atoms with Gasteiger partial charge in [0.25, 0.3) is 0 Å². The summed E-state index contributed by atoms with van der Waals surface area (Å²) in [5, 5.41) is 7.84. The van der Waals surface area contributed by atoms with E-state index in [0.29, 0.717) is 0 Å². The number of rotatable bonds is 0. The molecular weight excluding hydrogens is 172 g/mol. The number of hydrogen-bond acceptors (Lipinski definition) is 4. The van der Waals surface area contributed by atoms with Gasteiger partial charge in [0.2, 0.25) is 0 Å². The van der Waals surface area contributed by atoms with Crippen LogP contribution in [0.4, 0.5) is 0 Å². The fraction of sp³-hybridized carbons (Fsp3) is 0. The molecule has 0 bridgehead atoms. The third kappa shape index (κ3) is 0.634. The van der Waals surface area contributed by atoms with E-state index < -0.39 is 0 Å². The fourth-order valence-corrected chi connectivity index (χ4v) is 1.85. The number of hydrogen-bond donors (Lipinski definition) is 1. The van der Waals surface area contributed by atoms with Gasteiger partial charge in [-0.2, -0.15) is 5.10 Å². The minimum Gasteiger partial charge on any atom is -0.275 e. The van der Waals surface area contributed by atoms with Crippen LogP contribution in [-0.2, 0) is 0 Å². The molecule has 58 valence electrons. The van der Waals surface area contributed by atoms with E-state index in [-0.39, 0.29) is 0 Å². The summed E-state index contributed by atoms with van der Waals surface area (Å²) in [5.41, 5.74) is 3.68. The molecule has 0 fully saturated rings. The number of aromatic nitrogens is 4. The van der Waals surface area contributed by atoms with Crippen LogP contribution in [0, 0.1) is 0 Å². The second-order valence-corrected chi connectivity index (χ2v) is 3.30. The van der Waals surface area contributed by atoms with E-state index in [0.717, 1.165) is 21.3 Å². The first kappa shape index (κ1) is 6.07. The van der Waals surface area contributed by atoms with Crippen LogP contribution in [0.3, 0.4) is 0 Å². The van der Waals surface area contributed by atoms with E-state index in [9.17, 15) is 0 Å². The van der Waals surface area contributed by atoms with E-state index in [1.165, 1.54) is 11.3 Å². The van der Waals surface area contributed by atoms with Gasteiger partial charge in [-0.1, -0.05) is 0 Å². The van der Waals surface area contributed by atoms with Gasteiger partial charge in [0, 0.05) is 11.6 Å². The van der Waals surface area contributed by atoms with E-state index in [2.05, 4.69) is 20.2 Å². The third-order valence-electron chi connectivity index (χ3n) is 1.78. The Balaban J connectivity index is 2.71. The van der Waals surface area contributed by atoms with E-state index in [1.807, 2.05) is 0 Å². The maximum atomic E-state index is 4.24. The van der Waals surface area contributed by atoms with Gasteiger partial charge in [0.1, 0.15) is 10.3 Å². The van der Waals surface area contributed by atoms with Crippen molar-refractivity contribution in [2.45, 2.75) is 0 Å². The third-order valence-corrected chi connectivity index (χ3v) is 2.51. The summed E-state index contributed by atoms with van der Waals surface area (Å²) in [5.74, 6) is 0. The molecule has 5 heteroatoms. The lowest BCUT2D eigenvalue weighted by molar-refractivity contribution is 1.12. The minimum atomic E-state index is 0.912. The van der Waals surface area contributed by atoms with Crippen LogP contribution in [0.2, 0.25) is 0 Å². The van der Waals surface area contributed by atoms with E-state index in [4.69, 9.17) is 0 Å². The van der Waals surface area contributed by atoms with Crippen LogP contribution in [0.1, 0.15) is 0 Å². The zero-order chi connectivity index (χ0) is 7.97. The quantitative estimate of drug-likeness (QED) is 0.565. The van der Waals surface area contributed by atoms with Crippen LogP contribution >= 0.6 is 11.3 Å². The van der Waals surface area contributed by atoms with Crippen LogP contribution in [0.5, 0.6) is 0 Å². The van der Waals surface area contributed by atoms with Crippen LogP contribution in [0.25, 0.3) is 21.3 Å². The van der Waals surface area contributed by atoms with Crippen LogP contribution < -0.4 is 0 Å². The summed E-state index contributed by atoms with van der Waals surface area (Å²) in [6, 6.07) is 0. The van der Waals surface area contributed by atoms with E-state index in [1.54, 1.807) is 17.9 Å². The van der Waals surface area contributed by atoms with Gasteiger partial charge in [-0.3, -0.25) is 5.10 Å². The second-order valence-electron chi connectivity index (χ2n) is 2.46. The van der Waals surface area contributed by atoms with Gasteiger partial charge in [0.15, 0.2) is 0 Å². The number of H-pyrrole nitrogens is 1. The highest BCUT2D eigenvalue weighted by molar-refractivity contribution is 7.16. The lowest BCUT2D eigenvalue weighted by atomic mass is 10.3.